The topological polar surface area (TPSA) is 9.23 Å². The number of hydrogen-bond acceptors (Lipinski definition) is 1. The van der Waals surface area contributed by atoms with E-state index in [-0.39, 0.29) is 0 Å². The Hall–Kier alpha value is -1.33. The largest absolute Gasteiger partial charge is 0.431 e. The smallest absolute Gasteiger partial charge is 0.387 e. The Bertz CT molecular complexity index is 326. The first kappa shape index (κ1) is 10.7. The predicted molar refractivity (Wildman–Crippen MR) is 37.8 cm³/mol. The molecule has 0 radical (unpaired) electrons. The number of alkyl halides is 3. The van der Waals surface area contributed by atoms with Gasteiger partial charge in [0.1, 0.15) is 12.5 Å². The van der Waals surface area contributed by atoms with Gasteiger partial charge in [-0.05, 0) is 6.07 Å². The van der Waals surface area contributed by atoms with E-state index in [1.807, 2.05) is 0 Å². The van der Waals surface area contributed by atoms with E-state index in [0.717, 1.165) is 0 Å². The molecule has 0 aromatic heterocycles. The molecule has 0 fully saturated rings. The summed E-state index contributed by atoms with van der Waals surface area (Å²) >= 11 is 0. The summed E-state index contributed by atoms with van der Waals surface area (Å²) in [6, 6.07) is 0.942. The highest BCUT2D eigenvalue weighted by atomic mass is 19.3. The van der Waals surface area contributed by atoms with Crippen molar-refractivity contribution in [1.82, 2.24) is 0 Å². The molecule has 0 heterocycles. The van der Waals surface area contributed by atoms with Gasteiger partial charge in [0.2, 0.25) is 0 Å². The van der Waals surface area contributed by atoms with E-state index in [9.17, 15) is 22.0 Å². The Kier molecular flexibility index (Phi) is 3.27. The standard InChI is InChI=1S/C8H5F5O/c9-3-4-1-5(10)2-6(11)7(4)14-8(12)13/h1-2,8H,3H2. The van der Waals surface area contributed by atoms with Crippen LogP contribution in [0.2, 0.25) is 0 Å². The van der Waals surface area contributed by atoms with Gasteiger partial charge in [0.05, 0.1) is 0 Å². The van der Waals surface area contributed by atoms with Crippen molar-refractivity contribution in [3.05, 3.63) is 29.3 Å². The number of halogens is 5. The molecule has 0 aliphatic rings. The molecule has 78 valence electrons. The summed E-state index contributed by atoms with van der Waals surface area (Å²) in [7, 11) is 0. The maximum absolute atomic E-state index is 12.8. The third kappa shape index (κ3) is 2.34. The molecule has 0 bridgehead atoms. The van der Waals surface area contributed by atoms with Crippen LogP contribution in [0.3, 0.4) is 0 Å². The molecule has 6 heteroatoms. The summed E-state index contributed by atoms with van der Waals surface area (Å²) < 4.78 is 64.5. The average Bonchev–Trinajstić information content (AvgIpc) is 2.08. The van der Waals surface area contributed by atoms with Gasteiger partial charge in [-0.25, -0.2) is 13.2 Å². The van der Waals surface area contributed by atoms with Crippen molar-refractivity contribution in [2.75, 3.05) is 0 Å². The molecular weight excluding hydrogens is 207 g/mol. The lowest BCUT2D eigenvalue weighted by molar-refractivity contribution is -0.0531. The highest BCUT2D eigenvalue weighted by molar-refractivity contribution is 5.35. The van der Waals surface area contributed by atoms with Crippen LogP contribution in [0.5, 0.6) is 5.75 Å². The van der Waals surface area contributed by atoms with E-state index >= 15 is 0 Å². The van der Waals surface area contributed by atoms with Crippen LogP contribution >= 0.6 is 0 Å². The van der Waals surface area contributed by atoms with E-state index in [1.165, 1.54) is 0 Å². The van der Waals surface area contributed by atoms with Crippen molar-refractivity contribution >= 4 is 0 Å². The lowest BCUT2D eigenvalue weighted by Gasteiger charge is -2.09. The third-order valence-electron chi connectivity index (χ3n) is 1.44. The van der Waals surface area contributed by atoms with Crippen LogP contribution in [-0.4, -0.2) is 6.61 Å². The summed E-state index contributed by atoms with van der Waals surface area (Å²) in [5.41, 5.74) is -0.581. The second-order valence-electron chi connectivity index (χ2n) is 2.39. The Balaban J connectivity index is 3.11. The Morgan fingerprint density at radius 3 is 2.36 bits per heavy atom. The molecule has 1 nitrogen and oxygen atoms in total. The van der Waals surface area contributed by atoms with Crippen LogP contribution in [0.15, 0.2) is 12.1 Å². The fourth-order valence-electron chi connectivity index (χ4n) is 0.934. The van der Waals surface area contributed by atoms with Crippen molar-refractivity contribution in [3.8, 4) is 5.75 Å². The highest BCUT2D eigenvalue weighted by Crippen LogP contribution is 2.26. The molecule has 0 N–H and O–H groups in total. The maximum atomic E-state index is 12.8. The summed E-state index contributed by atoms with van der Waals surface area (Å²) in [5.74, 6) is -3.35. The maximum Gasteiger partial charge on any atom is 0.387 e. The minimum atomic E-state index is -3.28. The number of ether oxygens (including phenoxy) is 1. The fraction of sp³-hybridized carbons (Fsp3) is 0.250. The van der Waals surface area contributed by atoms with Gasteiger partial charge in [-0.15, -0.1) is 0 Å². The van der Waals surface area contributed by atoms with Gasteiger partial charge in [-0.3, -0.25) is 0 Å². The lowest BCUT2D eigenvalue weighted by atomic mass is 10.2. The minimum Gasteiger partial charge on any atom is -0.431 e. The molecule has 0 atom stereocenters. The summed E-state index contributed by atoms with van der Waals surface area (Å²) in [6.45, 7) is -4.56. The molecular formula is C8H5F5O. The second kappa shape index (κ2) is 4.26. The first-order chi connectivity index (χ1) is 6.54. The zero-order chi connectivity index (χ0) is 10.7. The van der Waals surface area contributed by atoms with Crippen molar-refractivity contribution in [1.29, 1.82) is 0 Å². The first-order valence-corrected chi connectivity index (χ1v) is 3.53. The number of rotatable bonds is 3. The summed E-state index contributed by atoms with van der Waals surface area (Å²) in [4.78, 5) is 0. The zero-order valence-corrected chi connectivity index (χ0v) is 6.74. The van der Waals surface area contributed by atoms with E-state index in [4.69, 9.17) is 0 Å². The van der Waals surface area contributed by atoms with Gasteiger partial charge in [0.25, 0.3) is 0 Å². The SMILES string of the molecule is FCc1cc(F)cc(F)c1OC(F)F. The van der Waals surface area contributed by atoms with Crippen molar-refractivity contribution in [3.63, 3.8) is 0 Å². The van der Waals surface area contributed by atoms with Crippen molar-refractivity contribution in [2.24, 2.45) is 0 Å². The van der Waals surface area contributed by atoms with Crippen LogP contribution in [0.4, 0.5) is 22.0 Å². The van der Waals surface area contributed by atoms with Crippen LogP contribution in [0.25, 0.3) is 0 Å². The van der Waals surface area contributed by atoms with Crippen LogP contribution < -0.4 is 4.74 Å². The average molecular weight is 212 g/mol. The van der Waals surface area contributed by atoms with Gasteiger partial charge in [-0.1, -0.05) is 0 Å². The second-order valence-corrected chi connectivity index (χ2v) is 2.39. The van der Waals surface area contributed by atoms with E-state index < -0.39 is 36.2 Å². The van der Waals surface area contributed by atoms with Gasteiger partial charge in [0.15, 0.2) is 11.6 Å². The van der Waals surface area contributed by atoms with Gasteiger partial charge in [-0.2, -0.15) is 8.78 Å². The molecule has 0 amide bonds. The fourth-order valence-corrected chi connectivity index (χ4v) is 0.934. The van der Waals surface area contributed by atoms with Crippen LogP contribution in [0.1, 0.15) is 5.56 Å². The molecule has 0 saturated carbocycles. The number of benzene rings is 1. The van der Waals surface area contributed by atoms with Crippen molar-refractivity contribution < 1.29 is 26.7 Å². The van der Waals surface area contributed by atoms with Crippen LogP contribution in [0, 0.1) is 11.6 Å². The Labute approximate surface area is 76.1 Å². The van der Waals surface area contributed by atoms with Gasteiger partial charge < -0.3 is 4.74 Å². The third-order valence-corrected chi connectivity index (χ3v) is 1.44. The molecule has 1 rings (SSSR count). The van der Waals surface area contributed by atoms with E-state index in [0.29, 0.717) is 12.1 Å². The first-order valence-electron chi connectivity index (χ1n) is 3.53. The monoisotopic (exact) mass is 212 g/mol. The molecule has 1 aromatic rings. The van der Waals surface area contributed by atoms with E-state index in [2.05, 4.69) is 4.74 Å². The van der Waals surface area contributed by atoms with Crippen LogP contribution in [-0.2, 0) is 6.67 Å². The normalized spacial score (nSPS) is 10.7. The molecule has 1 aromatic carbocycles. The highest BCUT2D eigenvalue weighted by Gasteiger charge is 2.16. The molecule has 0 spiro atoms. The van der Waals surface area contributed by atoms with Crippen molar-refractivity contribution in [2.45, 2.75) is 13.3 Å². The molecule has 0 aliphatic carbocycles. The molecule has 0 saturated heterocycles. The quantitative estimate of drug-likeness (QED) is 0.699. The molecule has 14 heavy (non-hydrogen) atoms. The Morgan fingerprint density at radius 2 is 1.86 bits per heavy atom. The number of hydrogen-bond donors (Lipinski definition) is 0. The molecule has 0 aliphatic heterocycles. The predicted octanol–water partition coefficient (Wildman–Crippen LogP) is 3.04. The van der Waals surface area contributed by atoms with Gasteiger partial charge in [0, 0.05) is 11.6 Å². The summed E-state index contributed by atoms with van der Waals surface area (Å²) in [5, 5.41) is 0. The zero-order valence-electron chi connectivity index (χ0n) is 6.74. The minimum absolute atomic E-state index is 0.344. The van der Waals surface area contributed by atoms with E-state index in [1.54, 1.807) is 0 Å². The molecule has 0 unspecified atom stereocenters. The Morgan fingerprint density at radius 1 is 1.21 bits per heavy atom. The van der Waals surface area contributed by atoms with Gasteiger partial charge >= 0.3 is 6.61 Å². The summed E-state index contributed by atoms with van der Waals surface area (Å²) in [6.07, 6.45) is 0. The lowest BCUT2D eigenvalue weighted by Crippen LogP contribution is -2.06.